The summed E-state index contributed by atoms with van der Waals surface area (Å²) < 4.78 is 4.66. The average molecular weight is 256 g/mol. The van der Waals surface area contributed by atoms with Crippen LogP contribution in [0.1, 0.15) is 19.8 Å². The second-order valence-electron chi connectivity index (χ2n) is 3.65. The predicted octanol–water partition coefficient (Wildman–Crippen LogP) is -0.211. The van der Waals surface area contributed by atoms with E-state index in [0.29, 0.717) is 6.42 Å². The molecule has 1 unspecified atom stereocenters. The van der Waals surface area contributed by atoms with Gasteiger partial charge in [-0.15, -0.1) is 0 Å². The van der Waals surface area contributed by atoms with Gasteiger partial charge in [-0.2, -0.15) is 0 Å². The maximum absolute atomic E-state index is 11.6. The smallest absolute Gasteiger partial charge is 0.325 e. The molecule has 0 spiro atoms. The van der Waals surface area contributed by atoms with Crippen LogP contribution >= 0.6 is 0 Å². The monoisotopic (exact) mass is 256 g/mol. The standard InChI is InChI=1S/C12H20N2O4/c1-4-6-9(13-3)11(16)12(17)14-8-10(15)18-7-5-2/h5,9,13H,2,4,6-8H2,1,3H3,(H,14,17). The van der Waals surface area contributed by atoms with Gasteiger partial charge in [0.1, 0.15) is 13.2 Å². The lowest BCUT2D eigenvalue weighted by molar-refractivity contribution is -0.144. The third-order valence-electron chi connectivity index (χ3n) is 2.22. The number of hydrogen-bond donors (Lipinski definition) is 2. The molecule has 0 aromatic carbocycles. The molecule has 0 aliphatic heterocycles. The van der Waals surface area contributed by atoms with E-state index in [1.165, 1.54) is 6.08 Å². The molecule has 0 saturated heterocycles. The molecule has 0 fully saturated rings. The summed E-state index contributed by atoms with van der Waals surface area (Å²) >= 11 is 0. The summed E-state index contributed by atoms with van der Waals surface area (Å²) in [7, 11) is 1.61. The van der Waals surface area contributed by atoms with Gasteiger partial charge in [0, 0.05) is 0 Å². The fraction of sp³-hybridized carbons (Fsp3) is 0.583. The zero-order chi connectivity index (χ0) is 14.0. The topological polar surface area (TPSA) is 84.5 Å². The van der Waals surface area contributed by atoms with Gasteiger partial charge in [-0.05, 0) is 13.5 Å². The molecule has 6 nitrogen and oxygen atoms in total. The van der Waals surface area contributed by atoms with Gasteiger partial charge in [0.2, 0.25) is 5.78 Å². The molecule has 6 heteroatoms. The van der Waals surface area contributed by atoms with Gasteiger partial charge in [-0.1, -0.05) is 26.0 Å². The number of likely N-dealkylation sites (N-methyl/N-ethyl adjacent to an activating group) is 1. The van der Waals surface area contributed by atoms with Crippen molar-refractivity contribution in [2.75, 3.05) is 20.2 Å². The summed E-state index contributed by atoms with van der Waals surface area (Å²) in [6.07, 6.45) is 2.78. The second kappa shape index (κ2) is 9.35. The lowest BCUT2D eigenvalue weighted by Crippen LogP contribution is -2.45. The lowest BCUT2D eigenvalue weighted by Gasteiger charge is -2.13. The number of carbonyl (C=O) groups excluding carboxylic acids is 3. The van der Waals surface area contributed by atoms with E-state index in [1.54, 1.807) is 7.05 Å². The maximum Gasteiger partial charge on any atom is 0.325 e. The average Bonchev–Trinajstić information content (AvgIpc) is 2.38. The molecule has 0 aliphatic rings. The van der Waals surface area contributed by atoms with Crippen LogP contribution in [0.25, 0.3) is 0 Å². The Kier molecular flexibility index (Phi) is 8.47. The Hall–Kier alpha value is -1.69. The van der Waals surface area contributed by atoms with E-state index in [0.717, 1.165) is 6.42 Å². The van der Waals surface area contributed by atoms with Crippen LogP contribution in [0, 0.1) is 0 Å². The van der Waals surface area contributed by atoms with E-state index in [1.807, 2.05) is 6.92 Å². The first kappa shape index (κ1) is 16.3. The van der Waals surface area contributed by atoms with Crippen molar-refractivity contribution in [2.24, 2.45) is 0 Å². The van der Waals surface area contributed by atoms with E-state index in [9.17, 15) is 14.4 Å². The van der Waals surface area contributed by atoms with Crippen LogP contribution in [-0.4, -0.2) is 43.9 Å². The fourth-order valence-electron chi connectivity index (χ4n) is 1.30. The molecule has 2 N–H and O–H groups in total. The van der Waals surface area contributed by atoms with Gasteiger partial charge in [0.25, 0.3) is 5.91 Å². The Morgan fingerprint density at radius 3 is 2.56 bits per heavy atom. The van der Waals surface area contributed by atoms with Crippen LogP contribution in [0.15, 0.2) is 12.7 Å². The number of hydrogen-bond acceptors (Lipinski definition) is 5. The zero-order valence-electron chi connectivity index (χ0n) is 10.8. The van der Waals surface area contributed by atoms with E-state index < -0.39 is 23.7 Å². The van der Waals surface area contributed by atoms with Crippen molar-refractivity contribution >= 4 is 17.7 Å². The van der Waals surface area contributed by atoms with E-state index in [-0.39, 0.29) is 13.2 Å². The predicted molar refractivity (Wildman–Crippen MR) is 66.9 cm³/mol. The minimum atomic E-state index is -0.779. The molecule has 0 bridgehead atoms. The van der Waals surface area contributed by atoms with Gasteiger partial charge in [0.05, 0.1) is 6.04 Å². The molecule has 1 amide bonds. The van der Waals surface area contributed by atoms with Crippen molar-refractivity contribution in [2.45, 2.75) is 25.8 Å². The van der Waals surface area contributed by atoms with Crippen LogP contribution in [-0.2, 0) is 19.1 Å². The molecule has 0 saturated carbocycles. The highest BCUT2D eigenvalue weighted by Crippen LogP contribution is 1.97. The van der Waals surface area contributed by atoms with Crippen LogP contribution in [0.3, 0.4) is 0 Å². The number of Topliss-reactive ketones (excluding diaryl/α,β-unsaturated/α-hetero) is 1. The molecule has 0 heterocycles. The highest BCUT2D eigenvalue weighted by molar-refractivity contribution is 6.38. The number of amides is 1. The van der Waals surface area contributed by atoms with E-state index in [2.05, 4.69) is 21.9 Å². The lowest BCUT2D eigenvalue weighted by atomic mass is 10.1. The zero-order valence-corrected chi connectivity index (χ0v) is 10.8. The molecule has 0 aromatic rings. The minimum Gasteiger partial charge on any atom is -0.460 e. The molecular weight excluding hydrogens is 236 g/mol. The summed E-state index contributed by atoms with van der Waals surface area (Å²) in [6.45, 7) is 5.07. The minimum absolute atomic E-state index is 0.0810. The van der Waals surface area contributed by atoms with Gasteiger partial charge < -0.3 is 15.4 Å². The molecule has 1 atom stereocenters. The van der Waals surface area contributed by atoms with Crippen molar-refractivity contribution < 1.29 is 19.1 Å². The molecule has 0 aliphatic carbocycles. The van der Waals surface area contributed by atoms with Crippen molar-refractivity contribution in [3.63, 3.8) is 0 Å². The summed E-state index contributed by atoms with van der Waals surface area (Å²) in [5.41, 5.74) is 0. The third kappa shape index (κ3) is 6.15. The normalized spacial score (nSPS) is 11.4. The van der Waals surface area contributed by atoms with Crippen molar-refractivity contribution in [1.82, 2.24) is 10.6 Å². The van der Waals surface area contributed by atoms with Crippen LogP contribution in [0.5, 0.6) is 0 Å². The van der Waals surface area contributed by atoms with Crippen LogP contribution in [0.2, 0.25) is 0 Å². The molecule has 18 heavy (non-hydrogen) atoms. The number of ether oxygens (including phenoxy) is 1. The van der Waals surface area contributed by atoms with Crippen LogP contribution < -0.4 is 10.6 Å². The SMILES string of the molecule is C=CCOC(=O)CNC(=O)C(=O)C(CCC)NC. The largest absolute Gasteiger partial charge is 0.460 e. The summed E-state index contributed by atoms with van der Waals surface area (Å²) in [4.78, 5) is 34.2. The summed E-state index contributed by atoms with van der Waals surface area (Å²) in [5, 5.41) is 4.99. The fourth-order valence-corrected chi connectivity index (χ4v) is 1.30. The molecule has 0 rings (SSSR count). The Balaban J connectivity index is 4.11. The maximum atomic E-state index is 11.6. The first-order valence-corrected chi connectivity index (χ1v) is 5.82. The van der Waals surface area contributed by atoms with Crippen LogP contribution in [0.4, 0.5) is 0 Å². The Bertz CT molecular complexity index is 315. The molecular formula is C12H20N2O4. The summed E-state index contributed by atoms with van der Waals surface area (Å²) in [5.74, 6) is -1.96. The highest BCUT2D eigenvalue weighted by Gasteiger charge is 2.23. The number of esters is 1. The Morgan fingerprint density at radius 1 is 1.39 bits per heavy atom. The van der Waals surface area contributed by atoms with Crippen molar-refractivity contribution in [1.29, 1.82) is 0 Å². The Labute approximate surface area is 107 Å². The molecule has 102 valence electrons. The molecule has 0 radical (unpaired) electrons. The van der Waals surface area contributed by atoms with E-state index in [4.69, 9.17) is 0 Å². The first-order chi connectivity index (χ1) is 8.56. The quantitative estimate of drug-likeness (QED) is 0.339. The van der Waals surface area contributed by atoms with Gasteiger partial charge in [-0.3, -0.25) is 14.4 Å². The first-order valence-electron chi connectivity index (χ1n) is 5.82. The number of nitrogens with one attached hydrogen (secondary N) is 2. The summed E-state index contributed by atoms with van der Waals surface area (Å²) in [6, 6.07) is -0.515. The third-order valence-corrected chi connectivity index (χ3v) is 2.22. The second-order valence-corrected chi connectivity index (χ2v) is 3.65. The highest BCUT2D eigenvalue weighted by atomic mass is 16.5. The number of rotatable bonds is 9. The van der Waals surface area contributed by atoms with Crippen molar-refractivity contribution in [3.8, 4) is 0 Å². The van der Waals surface area contributed by atoms with Crippen molar-refractivity contribution in [3.05, 3.63) is 12.7 Å². The van der Waals surface area contributed by atoms with Gasteiger partial charge in [-0.25, -0.2) is 0 Å². The number of ketones is 1. The Morgan fingerprint density at radius 2 is 2.06 bits per heavy atom. The molecule has 0 aromatic heterocycles. The number of carbonyl (C=O) groups is 3. The van der Waals surface area contributed by atoms with Gasteiger partial charge >= 0.3 is 5.97 Å². The van der Waals surface area contributed by atoms with E-state index >= 15 is 0 Å². The van der Waals surface area contributed by atoms with Gasteiger partial charge in [0.15, 0.2) is 0 Å².